The van der Waals surface area contributed by atoms with Crippen molar-refractivity contribution in [1.29, 1.82) is 0 Å². The molecule has 0 aromatic carbocycles. The third kappa shape index (κ3) is 4.03. The van der Waals surface area contributed by atoms with Crippen molar-refractivity contribution in [2.75, 3.05) is 7.11 Å². The van der Waals surface area contributed by atoms with Crippen LogP contribution in [0.1, 0.15) is 53.4 Å². The highest BCUT2D eigenvalue weighted by molar-refractivity contribution is 5.69. The van der Waals surface area contributed by atoms with Crippen molar-refractivity contribution in [3.63, 3.8) is 0 Å². The quantitative estimate of drug-likeness (QED) is 0.569. The van der Waals surface area contributed by atoms with Crippen molar-refractivity contribution in [3.05, 3.63) is 0 Å². The van der Waals surface area contributed by atoms with Gasteiger partial charge in [0.05, 0.1) is 18.8 Å². The van der Waals surface area contributed by atoms with Crippen LogP contribution in [0.25, 0.3) is 0 Å². The Morgan fingerprint density at radius 3 is 2.47 bits per heavy atom. The van der Waals surface area contributed by atoms with Crippen molar-refractivity contribution in [2.45, 2.75) is 65.1 Å². The average molecular weight is 270 g/mol. The molecule has 4 heteroatoms. The van der Waals surface area contributed by atoms with E-state index in [1.54, 1.807) is 0 Å². The summed E-state index contributed by atoms with van der Waals surface area (Å²) in [4.78, 5) is 22.6. The Labute approximate surface area is 115 Å². The summed E-state index contributed by atoms with van der Waals surface area (Å²) in [6, 6.07) is 0. The van der Waals surface area contributed by atoms with Gasteiger partial charge in [0.1, 0.15) is 6.29 Å². The van der Waals surface area contributed by atoms with E-state index in [-0.39, 0.29) is 29.0 Å². The zero-order chi connectivity index (χ0) is 14.7. The van der Waals surface area contributed by atoms with Gasteiger partial charge in [-0.25, -0.2) is 0 Å². The Bertz CT molecular complexity index is 332. The van der Waals surface area contributed by atoms with Crippen molar-refractivity contribution in [2.24, 2.45) is 11.3 Å². The van der Waals surface area contributed by atoms with E-state index in [1.165, 1.54) is 7.11 Å². The van der Waals surface area contributed by atoms with E-state index in [9.17, 15) is 9.59 Å². The minimum absolute atomic E-state index is 0.0207. The Hall–Kier alpha value is -0.900. The second-order valence-electron chi connectivity index (χ2n) is 6.62. The van der Waals surface area contributed by atoms with Crippen molar-refractivity contribution in [1.82, 2.24) is 0 Å². The van der Waals surface area contributed by atoms with Gasteiger partial charge in [0.25, 0.3) is 0 Å². The van der Waals surface area contributed by atoms with Gasteiger partial charge in [-0.05, 0) is 40.0 Å². The van der Waals surface area contributed by atoms with Crippen LogP contribution in [0.2, 0.25) is 0 Å². The highest BCUT2D eigenvalue weighted by atomic mass is 16.5. The first-order valence-corrected chi connectivity index (χ1v) is 6.93. The van der Waals surface area contributed by atoms with E-state index in [0.29, 0.717) is 12.8 Å². The van der Waals surface area contributed by atoms with Gasteiger partial charge in [0.2, 0.25) is 0 Å². The molecule has 0 spiro atoms. The summed E-state index contributed by atoms with van der Waals surface area (Å²) in [6.45, 7) is 8.10. The first-order valence-electron chi connectivity index (χ1n) is 6.93. The fraction of sp³-hybridized carbons (Fsp3) is 0.867. The van der Waals surface area contributed by atoms with Crippen molar-refractivity contribution in [3.8, 4) is 0 Å². The highest BCUT2D eigenvalue weighted by Gasteiger charge is 2.48. The Balaban J connectivity index is 2.80. The molecule has 0 radical (unpaired) electrons. The summed E-state index contributed by atoms with van der Waals surface area (Å²) in [5.41, 5.74) is -0.516. The third-order valence-corrected chi connectivity index (χ3v) is 4.08. The molecule has 0 aromatic rings. The molecular weight excluding hydrogens is 244 g/mol. The summed E-state index contributed by atoms with van der Waals surface area (Å²) in [5.74, 6) is -0.267. The molecule has 0 aromatic heterocycles. The number of rotatable bonds is 5. The van der Waals surface area contributed by atoms with Gasteiger partial charge in [-0.3, -0.25) is 4.79 Å². The molecule has 0 heterocycles. The fourth-order valence-electron chi connectivity index (χ4n) is 2.89. The lowest BCUT2D eigenvalue weighted by Crippen LogP contribution is -2.40. The average Bonchev–Trinajstić information content (AvgIpc) is 2.62. The van der Waals surface area contributed by atoms with E-state index >= 15 is 0 Å². The zero-order valence-corrected chi connectivity index (χ0v) is 12.7. The van der Waals surface area contributed by atoms with Crippen LogP contribution in [0.4, 0.5) is 0 Å². The molecule has 0 aliphatic heterocycles. The van der Waals surface area contributed by atoms with E-state index in [0.717, 1.165) is 19.1 Å². The first kappa shape index (κ1) is 16.2. The Morgan fingerprint density at radius 2 is 2.00 bits per heavy atom. The molecule has 110 valence electrons. The zero-order valence-electron chi connectivity index (χ0n) is 12.7. The summed E-state index contributed by atoms with van der Waals surface area (Å²) < 4.78 is 10.8. The number of ether oxygens (including phenoxy) is 2. The number of aldehydes is 1. The van der Waals surface area contributed by atoms with E-state index in [2.05, 4.69) is 6.92 Å². The van der Waals surface area contributed by atoms with Crippen LogP contribution in [-0.2, 0) is 19.1 Å². The molecule has 19 heavy (non-hydrogen) atoms. The predicted molar refractivity (Wildman–Crippen MR) is 72.8 cm³/mol. The SMILES string of the molecule is COC(=O)CC[C@]1(C)[C@@H](OC(C)(C)C)CC[C@@H]1C=O. The van der Waals surface area contributed by atoms with Crippen LogP contribution in [0.5, 0.6) is 0 Å². The lowest BCUT2D eigenvalue weighted by atomic mass is 9.75. The van der Waals surface area contributed by atoms with Crippen molar-refractivity contribution >= 4 is 12.3 Å². The van der Waals surface area contributed by atoms with Crippen LogP contribution >= 0.6 is 0 Å². The largest absolute Gasteiger partial charge is 0.469 e. The normalized spacial score (nSPS) is 31.2. The standard InChI is InChI=1S/C15H26O4/c1-14(2,3)19-12-7-6-11(10-16)15(12,4)9-8-13(17)18-5/h10-12H,6-9H2,1-5H3/t11-,12+,15+/m1/s1. The van der Waals surface area contributed by atoms with Crippen LogP contribution in [0.15, 0.2) is 0 Å². The first-order chi connectivity index (χ1) is 8.73. The summed E-state index contributed by atoms with van der Waals surface area (Å²) in [5, 5.41) is 0. The summed E-state index contributed by atoms with van der Waals surface area (Å²) >= 11 is 0. The number of esters is 1. The second kappa shape index (κ2) is 6.04. The maximum Gasteiger partial charge on any atom is 0.305 e. The maximum atomic E-state index is 11.3. The van der Waals surface area contributed by atoms with E-state index < -0.39 is 0 Å². The second-order valence-corrected chi connectivity index (χ2v) is 6.62. The minimum Gasteiger partial charge on any atom is -0.469 e. The van der Waals surface area contributed by atoms with Gasteiger partial charge in [-0.15, -0.1) is 0 Å². The lowest BCUT2D eigenvalue weighted by Gasteiger charge is -2.38. The molecule has 3 atom stereocenters. The maximum absolute atomic E-state index is 11.3. The van der Waals surface area contributed by atoms with Gasteiger partial charge in [-0.1, -0.05) is 6.92 Å². The number of carbonyl (C=O) groups excluding carboxylic acids is 2. The molecule has 0 unspecified atom stereocenters. The predicted octanol–water partition coefficient (Wildman–Crippen LogP) is 2.74. The highest BCUT2D eigenvalue weighted by Crippen LogP contribution is 2.48. The molecule has 1 rings (SSSR count). The number of carbonyl (C=O) groups is 2. The minimum atomic E-state index is -0.275. The molecule has 0 amide bonds. The summed E-state index contributed by atoms with van der Waals surface area (Å²) in [6.07, 6.45) is 3.71. The van der Waals surface area contributed by atoms with Gasteiger partial charge in [-0.2, -0.15) is 0 Å². The number of hydrogen-bond donors (Lipinski definition) is 0. The smallest absolute Gasteiger partial charge is 0.305 e. The van der Waals surface area contributed by atoms with Gasteiger partial charge in [0.15, 0.2) is 0 Å². The monoisotopic (exact) mass is 270 g/mol. The molecule has 4 nitrogen and oxygen atoms in total. The van der Waals surface area contributed by atoms with E-state index in [4.69, 9.17) is 9.47 Å². The van der Waals surface area contributed by atoms with Gasteiger partial charge in [0, 0.05) is 17.8 Å². The van der Waals surface area contributed by atoms with Gasteiger partial charge >= 0.3 is 5.97 Å². The topological polar surface area (TPSA) is 52.6 Å². The Morgan fingerprint density at radius 1 is 1.37 bits per heavy atom. The number of hydrogen-bond acceptors (Lipinski definition) is 4. The molecule has 0 saturated heterocycles. The fourth-order valence-corrected chi connectivity index (χ4v) is 2.89. The van der Waals surface area contributed by atoms with Crippen LogP contribution in [0, 0.1) is 11.3 Å². The summed E-state index contributed by atoms with van der Waals surface area (Å²) in [7, 11) is 1.39. The Kier molecular flexibility index (Phi) is 5.13. The van der Waals surface area contributed by atoms with Crippen molar-refractivity contribution < 1.29 is 19.1 Å². The molecule has 1 aliphatic carbocycles. The van der Waals surface area contributed by atoms with E-state index in [1.807, 2.05) is 20.8 Å². The van der Waals surface area contributed by atoms with Crippen LogP contribution < -0.4 is 0 Å². The molecule has 1 saturated carbocycles. The number of methoxy groups -OCH3 is 1. The molecule has 1 fully saturated rings. The molecular formula is C15H26O4. The molecule has 0 N–H and O–H groups in total. The molecule has 1 aliphatic rings. The third-order valence-electron chi connectivity index (χ3n) is 4.08. The van der Waals surface area contributed by atoms with Gasteiger partial charge < -0.3 is 14.3 Å². The van der Waals surface area contributed by atoms with Crippen LogP contribution in [0.3, 0.4) is 0 Å². The molecule has 0 bridgehead atoms. The lowest BCUT2D eigenvalue weighted by molar-refractivity contribution is -0.144. The van der Waals surface area contributed by atoms with Crippen LogP contribution in [-0.4, -0.2) is 31.1 Å².